The number of halogens is 3. The van der Waals surface area contributed by atoms with E-state index in [9.17, 15) is 18.0 Å². The van der Waals surface area contributed by atoms with Crippen molar-refractivity contribution in [2.45, 2.75) is 12.7 Å². The third kappa shape index (κ3) is 4.52. The van der Waals surface area contributed by atoms with Crippen LogP contribution in [0.15, 0.2) is 61.1 Å². The number of pyridine rings is 3. The topological polar surface area (TPSA) is 68.7 Å². The number of piperazine rings is 1. The molecule has 39 heavy (non-hydrogen) atoms. The zero-order valence-corrected chi connectivity index (χ0v) is 21.5. The lowest BCUT2D eigenvalue weighted by atomic mass is 9.98. The molecule has 1 saturated heterocycles. The highest BCUT2D eigenvalue weighted by Crippen LogP contribution is 2.43. The standard InChI is InChI=1S/C28H26F3N7O/c1-35-10-12-37(13-11-35)24-8-5-18(15-34-24)21-7-6-20(14-22(21)28(29,30)31)38-26-19(17-36(2)27(38)39)16-33-23-4-3-9-32-25(23)26/h3-9,14-16H,10-13,17H2,1-2H3. The zero-order valence-electron chi connectivity index (χ0n) is 21.5. The summed E-state index contributed by atoms with van der Waals surface area (Å²) in [5.74, 6) is 0.739. The molecule has 0 unspecified atom stereocenters. The van der Waals surface area contributed by atoms with Gasteiger partial charge in [-0.1, -0.05) is 6.07 Å². The molecule has 2 amide bonds. The molecule has 4 aromatic rings. The van der Waals surface area contributed by atoms with Crippen molar-refractivity contribution in [1.29, 1.82) is 0 Å². The fourth-order valence-electron chi connectivity index (χ4n) is 5.16. The molecule has 2 aliphatic heterocycles. The Balaban J connectivity index is 1.43. The highest BCUT2D eigenvalue weighted by atomic mass is 19.4. The van der Waals surface area contributed by atoms with Crippen LogP contribution < -0.4 is 9.80 Å². The number of nitrogens with zero attached hydrogens (tertiary/aromatic N) is 7. The van der Waals surface area contributed by atoms with Crippen LogP contribution in [-0.4, -0.2) is 71.1 Å². The minimum atomic E-state index is -4.66. The van der Waals surface area contributed by atoms with E-state index in [0.717, 1.165) is 38.1 Å². The number of carbonyl (C=O) groups excluding carboxylic acids is 1. The number of hydrogen-bond acceptors (Lipinski definition) is 6. The Bertz CT molecular complexity index is 1550. The molecule has 0 bridgehead atoms. The molecule has 0 spiro atoms. The maximum atomic E-state index is 14.4. The second-order valence-electron chi connectivity index (χ2n) is 9.90. The van der Waals surface area contributed by atoms with E-state index in [-0.39, 0.29) is 17.8 Å². The Hall–Kier alpha value is -4.25. The Morgan fingerprint density at radius 1 is 0.897 bits per heavy atom. The number of urea groups is 1. The van der Waals surface area contributed by atoms with Crippen LogP contribution >= 0.6 is 0 Å². The smallest absolute Gasteiger partial charge is 0.354 e. The summed E-state index contributed by atoms with van der Waals surface area (Å²) in [7, 11) is 3.66. The summed E-state index contributed by atoms with van der Waals surface area (Å²) in [5.41, 5.74) is 1.76. The number of rotatable bonds is 3. The molecule has 0 N–H and O–H groups in total. The lowest BCUT2D eigenvalue weighted by molar-refractivity contribution is -0.137. The highest BCUT2D eigenvalue weighted by molar-refractivity contribution is 6.08. The first-order valence-corrected chi connectivity index (χ1v) is 12.6. The van der Waals surface area contributed by atoms with E-state index in [0.29, 0.717) is 27.8 Å². The third-order valence-corrected chi connectivity index (χ3v) is 7.28. The second kappa shape index (κ2) is 9.49. The van der Waals surface area contributed by atoms with Crippen LogP contribution in [0.5, 0.6) is 0 Å². The quantitative estimate of drug-likeness (QED) is 0.362. The van der Waals surface area contributed by atoms with Gasteiger partial charge in [0.25, 0.3) is 0 Å². The molecule has 3 aromatic heterocycles. The van der Waals surface area contributed by atoms with Gasteiger partial charge in [0.15, 0.2) is 0 Å². The normalized spacial score (nSPS) is 16.6. The molecule has 200 valence electrons. The minimum absolute atomic E-state index is 0.000532. The third-order valence-electron chi connectivity index (χ3n) is 7.28. The van der Waals surface area contributed by atoms with Crippen molar-refractivity contribution in [2.24, 2.45) is 0 Å². The molecule has 0 radical (unpaired) electrons. The molecule has 1 aromatic carbocycles. The lowest BCUT2D eigenvalue weighted by Crippen LogP contribution is -2.44. The van der Waals surface area contributed by atoms with Crippen LogP contribution in [0.3, 0.4) is 0 Å². The van der Waals surface area contributed by atoms with Crippen LogP contribution in [0.1, 0.15) is 11.1 Å². The van der Waals surface area contributed by atoms with Crippen LogP contribution in [-0.2, 0) is 12.7 Å². The maximum absolute atomic E-state index is 14.4. The second-order valence-corrected chi connectivity index (χ2v) is 9.90. The van der Waals surface area contributed by atoms with Gasteiger partial charge in [0, 0.05) is 62.9 Å². The summed E-state index contributed by atoms with van der Waals surface area (Å²) >= 11 is 0. The van der Waals surface area contributed by atoms with Gasteiger partial charge in [-0.05, 0) is 49.0 Å². The number of benzene rings is 1. The fraction of sp³-hybridized carbons (Fsp3) is 0.286. The maximum Gasteiger partial charge on any atom is 0.417 e. The number of alkyl halides is 3. The van der Waals surface area contributed by atoms with Crippen molar-refractivity contribution in [3.63, 3.8) is 0 Å². The van der Waals surface area contributed by atoms with Gasteiger partial charge in [-0.3, -0.25) is 14.9 Å². The van der Waals surface area contributed by atoms with Crippen molar-refractivity contribution < 1.29 is 18.0 Å². The SMILES string of the molecule is CN1CCN(c2ccc(-c3ccc(N4C(=O)N(C)Cc5cnc6cccnc6c54)cc3C(F)(F)F)cn2)CC1. The average molecular weight is 534 g/mol. The average Bonchev–Trinajstić information content (AvgIpc) is 2.93. The van der Waals surface area contributed by atoms with Gasteiger partial charge in [-0.2, -0.15) is 13.2 Å². The molecule has 5 heterocycles. The van der Waals surface area contributed by atoms with Crippen molar-refractivity contribution in [2.75, 3.05) is 50.1 Å². The van der Waals surface area contributed by atoms with E-state index < -0.39 is 17.8 Å². The number of anilines is 3. The predicted octanol–water partition coefficient (Wildman–Crippen LogP) is 5.17. The van der Waals surface area contributed by atoms with E-state index in [1.165, 1.54) is 28.1 Å². The first-order valence-electron chi connectivity index (χ1n) is 12.6. The van der Waals surface area contributed by atoms with Gasteiger partial charge in [-0.15, -0.1) is 0 Å². The molecule has 0 atom stereocenters. The number of fused-ring (bicyclic) bond motifs is 3. The van der Waals surface area contributed by atoms with E-state index >= 15 is 0 Å². The summed E-state index contributed by atoms with van der Waals surface area (Å²) < 4.78 is 43.3. The fourth-order valence-corrected chi connectivity index (χ4v) is 5.16. The monoisotopic (exact) mass is 533 g/mol. The Morgan fingerprint density at radius 3 is 2.41 bits per heavy atom. The Kier molecular flexibility index (Phi) is 6.10. The highest BCUT2D eigenvalue weighted by Gasteiger charge is 2.37. The number of amides is 2. The molecule has 2 aliphatic rings. The van der Waals surface area contributed by atoms with E-state index in [4.69, 9.17) is 0 Å². The van der Waals surface area contributed by atoms with Gasteiger partial charge < -0.3 is 14.7 Å². The number of carbonyl (C=O) groups is 1. The number of aromatic nitrogens is 3. The van der Waals surface area contributed by atoms with Gasteiger partial charge in [0.05, 0.1) is 29.0 Å². The van der Waals surface area contributed by atoms with Gasteiger partial charge in [0.2, 0.25) is 0 Å². The first kappa shape index (κ1) is 25.1. The molecular weight excluding hydrogens is 507 g/mol. The van der Waals surface area contributed by atoms with E-state index in [2.05, 4.69) is 31.8 Å². The lowest BCUT2D eigenvalue weighted by Gasteiger charge is -2.35. The van der Waals surface area contributed by atoms with Gasteiger partial charge >= 0.3 is 12.2 Å². The van der Waals surface area contributed by atoms with Crippen molar-refractivity contribution in [3.8, 4) is 11.1 Å². The minimum Gasteiger partial charge on any atom is -0.354 e. The van der Waals surface area contributed by atoms with E-state index in [1.54, 1.807) is 43.7 Å². The van der Waals surface area contributed by atoms with Crippen molar-refractivity contribution in [1.82, 2.24) is 24.8 Å². The largest absolute Gasteiger partial charge is 0.417 e. The number of hydrogen-bond donors (Lipinski definition) is 0. The summed E-state index contributed by atoms with van der Waals surface area (Å²) in [6.45, 7) is 3.70. The molecular formula is C28H26F3N7O. The van der Waals surface area contributed by atoms with Crippen molar-refractivity contribution in [3.05, 3.63) is 72.2 Å². The van der Waals surface area contributed by atoms with Crippen LogP contribution in [0.2, 0.25) is 0 Å². The number of likely N-dealkylation sites (N-methyl/N-ethyl adjacent to an activating group) is 1. The molecule has 0 saturated carbocycles. The summed E-state index contributed by atoms with van der Waals surface area (Å²) in [5, 5.41) is 0. The molecule has 6 rings (SSSR count). The molecule has 11 heteroatoms. The summed E-state index contributed by atoms with van der Waals surface area (Å²) in [6, 6.07) is 10.4. The molecule has 0 aliphatic carbocycles. The zero-order chi connectivity index (χ0) is 27.3. The van der Waals surface area contributed by atoms with Crippen LogP contribution in [0, 0.1) is 0 Å². The van der Waals surface area contributed by atoms with Crippen LogP contribution in [0.25, 0.3) is 22.2 Å². The van der Waals surface area contributed by atoms with Gasteiger partial charge in [-0.25, -0.2) is 9.78 Å². The first-order chi connectivity index (χ1) is 18.7. The Morgan fingerprint density at radius 2 is 1.69 bits per heavy atom. The van der Waals surface area contributed by atoms with Crippen molar-refractivity contribution >= 4 is 34.3 Å². The van der Waals surface area contributed by atoms with Gasteiger partial charge in [0.1, 0.15) is 11.3 Å². The molecule has 8 nitrogen and oxygen atoms in total. The Labute approximate surface area is 223 Å². The van der Waals surface area contributed by atoms with Crippen LogP contribution in [0.4, 0.5) is 35.2 Å². The molecule has 1 fully saturated rings. The predicted molar refractivity (Wildman–Crippen MR) is 143 cm³/mol. The summed E-state index contributed by atoms with van der Waals surface area (Å²) in [4.78, 5) is 33.8. The summed E-state index contributed by atoms with van der Waals surface area (Å²) in [6.07, 6.45) is 0.0416. The van der Waals surface area contributed by atoms with E-state index in [1.807, 2.05) is 0 Å².